The number of phenolic OH excluding ortho intramolecular Hbond substituents is 2. The number of phenols is 2. The minimum atomic E-state index is -0.920. The molecule has 1 aliphatic heterocycles. The van der Waals surface area contributed by atoms with Crippen molar-refractivity contribution in [2.45, 2.75) is 31.8 Å². The lowest BCUT2D eigenvalue weighted by Crippen LogP contribution is -2.52. The molecule has 0 amide bonds. The second-order valence-corrected chi connectivity index (χ2v) is 4.86. The van der Waals surface area contributed by atoms with Gasteiger partial charge >= 0.3 is 5.97 Å². The topological polar surface area (TPSA) is 89.8 Å². The normalized spacial score (nSPS) is 21.9. The molecule has 0 aliphatic carbocycles. The number of carbonyl (C=O) groups is 1. The molecule has 1 aliphatic rings. The van der Waals surface area contributed by atoms with Crippen LogP contribution in [0.25, 0.3) is 0 Å². The zero-order valence-corrected chi connectivity index (χ0v) is 9.69. The summed E-state index contributed by atoms with van der Waals surface area (Å²) in [5.41, 5.74) is 1.00. The quantitative estimate of drug-likeness (QED) is 0.546. The lowest BCUT2D eigenvalue weighted by atomic mass is 9.82. The van der Waals surface area contributed by atoms with Gasteiger partial charge in [-0.05, 0) is 43.5 Å². The molecule has 92 valence electrons. The van der Waals surface area contributed by atoms with Crippen molar-refractivity contribution < 1.29 is 20.1 Å². The predicted octanol–water partition coefficient (Wildman–Crippen LogP) is 0.932. The molecule has 1 atom stereocenters. The fourth-order valence-corrected chi connectivity index (χ4v) is 2.30. The van der Waals surface area contributed by atoms with Crippen molar-refractivity contribution in [3.63, 3.8) is 0 Å². The molecule has 4 N–H and O–H groups in total. The molecule has 1 aromatic rings. The number of aliphatic carboxylic acids is 1. The third kappa shape index (κ3) is 1.93. The molecular weight excluding hydrogens is 222 g/mol. The number of carboxylic acids is 1. The van der Waals surface area contributed by atoms with E-state index in [0.29, 0.717) is 6.42 Å². The van der Waals surface area contributed by atoms with E-state index < -0.39 is 17.6 Å². The molecule has 5 heteroatoms. The Hall–Kier alpha value is -1.75. The molecule has 17 heavy (non-hydrogen) atoms. The Bertz CT molecular complexity index is 482. The molecule has 5 nitrogen and oxygen atoms in total. The van der Waals surface area contributed by atoms with Crippen LogP contribution < -0.4 is 5.32 Å². The van der Waals surface area contributed by atoms with Gasteiger partial charge in [0.25, 0.3) is 0 Å². The molecule has 0 saturated heterocycles. The summed E-state index contributed by atoms with van der Waals surface area (Å²) >= 11 is 0. The highest BCUT2D eigenvalue weighted by Crippen LogP contribution is 2.37. The first-order chi connectivity index (χ1) is 7.81. The maximum Gasteiger partial charge on any atom is 0.321 e. The van der Waals surface area contributed by atoms with Gasteiger partial charge in [-0.3, -0.25) is 10.1 Å². The van der Waals surface area contributed by atoms with Crippen LogP contribution in [0.4, 0.5) is 0 Å². The number of nitrogens with one attached hydrogen (secondary N) is 1. The number of fused-ring (bicyclic) bond motifs is 1. The highest BCUT2D eigenvalue weighted by molar-refractivity contribution is 5.75. The summed E-state index contributed by atoms with van der Waals surface area (Å²) in [6.45, 7) is 3.69. The molecule has 2 rings (SSSR count). The average molecular weight is 237 g/mol. The van der Waals surface area contributed by atoms with Crippen molar-refractivity contribution in [1.29, 1.82) is 0 Å². The molecule has 1 heterocycles. The molecule has 0 fully saturated rings. The summed E-state index contributed by atoms with van der Waals surface area (Å²) in [4.78, 5) is 11.0. The van der Waals surface area contributed by atoms with Gasteiger partial charge in [0.05, 0.1) is 0 Å². The maximum absolute atomic E-state index is 11.0. The SMILES string of the molecule is CC1(C)N[C@H](C(=O)O)Cc2cc(O)c(O)cc21. The predicted molar refractivity (Wildman–Crippen MR) is 61.1 cm³/mol. The summed E-state index contributed by atoms with van der Waals surface area (Å²) in [6.07, 6.45) is 0.294. The molecule has 0 aromatic heterocycles. The van der Waals surface area contributed by atoms with E-state index >= 15 is 0 Å². The Labute approximate surface area is 98.7 Å². The highest BCUT2D eigenvalue weighted by atomic mass is 16.4. The fraction of sp³-hybridized carbons (Fsp3) is 0.417. The van der Waals surface area contributed by atoms with E-state index in [0.717, 1.165) is 11.1 Å². The third-order valence-electron chi connectivity index (χ3n) is 3.13. The summed E-state index contributed by atoms with van der Waals surface area (Å²) in [5.74, 6) is -1.32. The van der Waals surface area contributed by atoms with E-state index in [1.807, 2.05) is 13.8 Å². The van der Waals surface area contributed by atoms with Crippen LogP contribution in [-0.4, -0.2) is 27.3 Å². The summed E-state index contributed by atoms with van der Waals surface area (Å²) in [5, 5.41) is 31.0. The maximum atomic E-state index is 11.0. The minimum absolute atomic E-state index is 0.188. The van der Waals surface area contributed by atoms with Crippen LogP contribution in [0.15, 0.2) is 12.1 Å². The van der Waals surface area contributed by atoms with Gasteiger partial charge in [0.2, 0.25) is 0 Å². The second kappa shape index (κ2) is 3.63. The highest BCUT2D eigenvalue weighted by Gasteiger charge is 2.36. The van der Waals surface area contributed by atoms with Crippen molar-refractivity contribution in [3.05, 3.63) is 23.3 Å². The smallest absolute Gasteiger partial charge is 0.321 e. The summed E-state index contributed by atoms with van der Waals surface area (Å²) in [6, 6.07) is 2.24. The van der Waals surface area contributed by atoms with E-state index in [2.05, 4.69) is 5.32 Å². The molecule has 0 saturated carbocycles. The van der Waals surface area contributed by atoms with Gasteiger partial charge in [-0.15, -0.1) is 0 Å². The van der Waals surface area contributed by atoms with E-state index in [-0.39, 0.29) is 11.5 Å². The standard InChI is InChI=1S/C12H15NO4/c1-12(2)7-5-10(15)9(14)4-6(7)3-8(13-12)11(16)17/h4-5,8,13-15H,3H2,1-2H3,(H,16,17)/t8-/m0/s1. The Morgan fingerprint density at radius 3 is 2.53 bits per heavy atom. The lowest BCUT2D eigenvalue weighted by Gasteiger charge is -2.37. The van der Waals surface area contributed by atoms with Crippen molar-refractivity contribution in [2.75, 3.05) is 0 Å². The first-order valence-electron chi connectivity index (χ1n) is 5.37. The molecule has 0 unspecified atom stereocenters. The van der Waals surface area contributed by atoms with Gasteiger partial charge in [-0.1, -0.05) is 0 Å². The average Bonchev–Trinajstić information content (AvgIpc) is 2.20. The van der Waals surface area contributed by atoms with E-state index in [1.165, 1.54) is 12.1 Å². The zero-order chi connectivity index (χ0) is 12.8. The minimum Gasteiger partial charge on any atom is -0.504 e. The van der Waals surface area contributed by atoms with Crippen molar-refractivity contribution in [2.24, 2.45) is 0 Å². The number of hydrogen-bond acceptors (Lipinski definition) is 4. The van der Waals surface area contributed by atoms with Crippen molar-refractivity contribution >= 4 is 5.97 Å². The lowest BCUT2D eigenvalue weighted by molar-refractivity contribution is -0.140. The summed E-state index contributed by atoms with van der Waals surface area (Å²) in [7, 11) is 0. The molecule has 0 spiro atoms. The number of carboxylic acid groups (broad SMARTS) is 1. The first kappa shape index (κ1) is 11.7. The Morgan fingerprint density at radius 2 is 1.94 bits per heavy atom. The Kier molecular flexibility index (Phi) is 2.50. The van der Waals surface area contributed by atoms with Gasteiger partial charge in [0, 0.05) is 5.54 Å². The molecule has 1 aromatic carbocycles. The second-order valence-electron chi connectivity index (χ2n) is 4.86. The zero-order valence-electron chi connectivity index (χ0n) is 9.69. The van der Waals surface area contributed by atoms with Crippen LogP contribution in [0.2, 0.25) is 0 Å². The number of benzene rings is 1. The number of aromatic hydroxyl groups is 2. The molecule has 0 radical (unpaired) electrons. The van der Waals surface area contributed by atoms with Gasteiger partial charge < -0.3 is 15.3 Å². The van der Waals surface area contributed by atoms with Crippen LogP contribution in [0.3, 0.4) is 0 Å². The Balaban J connectivity index is 2.52. The molecular formula is C12H15NO4. The van der Waals surface area contributed by atoms with Crippen LogP contribution in [0, 0.1) is 0 Å². The Morgan fingerprint density at radius 1 is 1.35 bits per heavy atom. The number of hydrogen-bond donors (Lipinski definition) is 4. The monoisotopic (exact) mass is 237 g/mol. The third-order valence-corrected chi connectivity index (χ3v) is 3.13. The van der Waals surface area contributed by atoms with E-state index in [9.17, 15) is 15.0 Å². The number of rotatable bonds is 1. The van der Waals surface area contributed by atoms with Gasteiger partial charge in [-0.25, -0.2) is 0 Å². The van der Waals surface area contributed by atoms with Crippen LogP contribution in [0.5, 0.6) is 11.5 Å². The van der Waals surface area contributed by atoms with E-state index in [1.54, 1.807) is 0 Å². The molecule has 0 bridgehead atoms. The first-order valence-corrected chi connectivity index (χ1v) is 5.37. The van der Waals surface area contributed by atoms with E-state index in [4.69, 9.17) is 5.11 Å². The van der Waals surface area contributed by atoms with Gasteiger partial charge in [0.1, 0.15) is 6.04 Å². The fourth-order valence-electron chi connectivity index (χ4n) is 2.30. The van der Waals surface area contributed by atoms with Crippen LogP contribution >= 0.6 is 0 Å². The van der Waals surface area contributed by atoms with Crippen LogP contribution in [-0.2, 0) is 16.8 Å². The largest absolute Gasteiger partial charge is 0.504 e. The van der Waals surface area contributed by atoms with Crippen molar-refractivity contribution in [3.8, 4) is 11.5 Å². The van der Waals surface area contributed by atoms with Crippen molar-refractivity contribution in [1.82, 2.24) is 5.32 Å². The van der Waals surface area contributed by atoms with Gasteiger partial charge in [0.15, 0.2) is 11.5 Å². The summed E-state index contributed by atoms with van der Waals surface area (Å²) < 4.78 is 0. The van der Waals surface area contributed by atoms with Gasteiger partial charge in [-0.2, -0.15) is 0 Å². The van der Waals surface area contributed by atoms with Crippen LogP contribution in [0.1, 0.15) is 25.0 Å².